The van der Waals surface area contributed by atoms with Gasteiger partial charge in [-0.05, 0) is 5.56 Å². The molecule has 0 saturated heterocycles. The predicted octanol–water partition coefficient (Wildman–Crippen LogP) is 2.10. The van der Waals surface area contributed by atoms with Gasteiger partial charge >= 0.3 is 0 Å². The largest absolute Gasteiger partial charge is 0.303 e. The van der Waals surface area contributed by atoms with Crippen LogP contribution >= 0.6 is 0 Å². The fourth-order valence-corrected chi connectivity index (χ4v) is 1.39. The Bertz CT molecular complexity index is 314. The molecule has 0 saturated carbocycles. The van der Waals surface area contributed by atoms with Crippen molar-refractivity contribution in [2.45, 2.75) is 19.8 Å². The first-order chi connectivity index (χ1) is 6.61. The monoisotopic (exact) mass is 189 g/mol. The highest BCUT2D eigenvalue weighted by atomic mass is 16.1. The quantitative estimate of drug-likeness (QED) is 0.680. The minimum atomic E-state index is -0.761. The molecule has 1 unspecified atom stereocenters. The maximum Gasteiger partial charge on any atom is 0.205 e. The van der Waals surface area contributed by atoms with Crippen molar-refractivity contribution in [2.24, 2.45) is 5.41 Å². The van der Waals surface area contributed by atoms with Crippen LogP contribution in [0.2, 0.25) is 0 Å². The zero-order valence-electron chi connectivity index (χ0n) is 8.36. The van der Waals surface area contributed by atoms with E-state index in [0.717, 1.165) is 11.8 Å². The van der Waals surface area contributed by atoms with Gasteiger partial charge in [-0.1, -0.05) is 44.2 Å². The normalized spacial score (nSPS) is 13.3. The molecule has 0 amide bonds. The van der Waals surface area contributed by atoms with Crippen molar-refractivity contribution in [3.8, 4) is 0 Å². The van der Waals surface area contributed by atoms with E-state index in [-0.39, 0.29) is 0 Å². The lowest BCUT2D eigenvalue weighted by atomic mass is 9.77. The van der Waals surface area contributed by atoms with Crippen molar-refractivity contribution in [2.75, 3.05) is 0 Å². The maximum absolute atomic E-state index is 10.9. The molecule has 0 aliphatic carbocycles. The molecule has 73 valence electrons. The van der Waals surface area contributed by atoms with Crippen LogP contribution in [0.4, 0.5) is 0 Å². The summed E-state index contributed by atoms with van der Waals surface area (Å²) in [6, 6.07) is 9.28. The van der Waals surface area contributed by atoms with E-state index < -0.39 is 11.3 Å². The van der Waals surface area contributed by atoms with Gasteiger partial charge in [0.05, 0.1) is 5.92 Å². The average Bonchev–Trinajstić information content (AvgIpc) is 2.20. The van der Waals surface area contributed by atoms with Crippen molar-refractivity contribution in [3.05, 3.63) is 35.9 Å². The van der Waals surface area contributed by atoms with Crippen LogP contribution in [0.1, 0.15) is 25.3 Å². The van der Waals surface area contributed by atoms with E-state index in [4.69, 9.17) is 0 Å². The molecule has 2 heteroatoms. The van der Waals surface area contributed by atoms with Crippen molar-refractivity contribution < 1.29 is 9.59 Å². The van der Waals surface area contributed by atoms with Crippen molar-refractivity contribution in [1.82, 2.24) is 0 Å². The summed E-state index contributed by atoms with van der Waals surface area (Å²) < 4.78 is 0. The van der Waals surface area contributed by atoms with Crippen molar-refractivity contribution in [1.29, 1.82) is 0 Å². The van der Waals surface area contributed by atoms with Crippen LogP contribution in [0.5, 0.6) is 0 Å². The minimum Gasteiger partial charge on any atom is -0.303 e. The third-order valence-electron chi connectivity index (χ3n) is 2.34. The second kappa shape index (κ2) is 4.18. The molecular weight excluding hydrogens is 176 g/mol. The zero-order valence-corrected chi connectivity index (χ0v) is 8.36. The molecule has 1 rings (SSSR count). The summed E-state index contributed by atoms with van der Waals surface area (Å²) in [5.74, 6) is -0.416. The van der Waals surface area contributed by atoms with E-state index >= 15 is 0 Å². The van der Waals surface area contributed by atoms with Gasteiger partial charge < -0.3 is 4.79 Å². The number of benzene rings is 1. The summed E-state index contributed by atoms with van der Waals surface area (Å²) in [7, 11) is 0. The van der Waals surface area contributed by atoms with Gasteiger partial charge in [0.15, 0.2) is 0 Å². The standard InChI is InChI=1S/C12H13O2/c1-12(2,9-14)11(8-13)10-6-4-3-5-7-10/h3-8,11H,1-2H3. The molecule has 2 nitrogen and oxygen atoms in total. The second-order valence-corrected chi connectivity index (χ2v) is 3.85. The van der Waals surface area contributed by atoms with Gasteiger partial charge in [-0.25, -0.2) is 0 Å². The van der Waals surface area contributed by atoms with E-state index in [1.165, 1.54) is 0 Å². The molecule has 1 atom stereocenters. The van der Waals surface area contributed by atoms with Crippen LogP contribution in [0.15, 0.2) is 30.3 Å². The highest BCUT2D eigenvalue weighted by Gasteiger charge is 2.30. The Morgan fingerprint density at radius 3 is 2.29 bits per heavy atom. The Labute approximate surface area is 83.9 Å². The molecule has 1 radical (unpaired) electrons. The molecule has 0 bridgehead atoms. The Kier molecular flexibility index (Phi) is 3.18. The third-order valence-corrected chi connectivity index (χ3v) is 2.34. The molecule has 1 aromatic carbocycles. The maximum atomic E-state index is 10.9. The first-order valence-corrected chi connectivity index (χ1v) is 4.51. The lowest BCUT2D eigenvalue weighted by Gasteiger charge is -2.23. The molecule has 0 fully saturated rings. The van der Waals surface area contributed by atoms with Gasteiger partial charge in [0.2, 0.25) is 6.29 Å². The lowest BCUT2D eigenvalue weighted by Crippen LogP contribution is -2.24. The number of rotatable bonds is 4. The van der Waals surface area contributed by atoms with E-state index in [9.17, 15) is 9.59 Å². The minimum absolute atomic E-state index is 0.416. The van der Waals surface area contributed by atoms with Crippen LogP contribution in [-0.2, 0) is 9.59 Å². The molecule has 14 heavy (non-hydrogen) atoms. The van der Waals surface area contributed by atoms with Gasteiger partial charge in [0.1, 0.15) is 6.29 Å². The fourth-order valence-electron chi connectivity index (χ4n) is 1.39. The first-order valence-electron chi connectivity index (χ1n) is 4.51. The predicted molar refractivity (Wildman–Crippen MR) is 54.7 cm³/mol. The molecule has 0 aliphatic heterocycles. The summed E-state index contributed by atoms with van der Waals surface area (Å²) in [5.41, 5.74) is 0.0965. The van der Waals surface area contributed by atoms with E-state index in [0.29, 0.717) is 0 Å². The van der Waals surface area contributed by atoms with Crippen LogP contribution in [0, 0.1) is 5.41 Å². The number of carbonyl (C=O) groups is 1. The molecule has 0 spiro atoms. The van der Waals surface area contributed by atoms with Crippen LogP contribution in [0.3, 0.4) is 0 Å². The average molecular weight is 189 g/mol. The first kappa shape index (κ1) is 10.6. The second-order valence-electron chi connectivity index (χ2n) is 3.85. The topological polar surface area (TPSA) is 34.1 Å². The highest BCUT2D eigenvalue weighted by Crippen LogP contribution is 2.31. The Hall–Kier alpha value is -1.44. The highest BCUT2D eigenvalue weighted by molar-refractivity contribution is 5.73. The van der Waals surface area contributed by atoms with Crippen LogP contribution < -0.4 is 0 Å². The Morgan fingerprint density at radius 2 is 1.86 bits per heavy atom. The van der Waals surface area contributed by atoms with Crippen LogP contribution in [0.25, 0.3) is 0 Å². The molecular formula is C12H13O2. The summed E-state index contributed by atoms with van der Waals surface area (Å²) in [6.45, 7) is 3.43. The smallest absolute Gasteiger partial charge is 0.205 e. The van der Waals surface area contributed by atoms with Crippen molar-refractivity contribution in [3.63, 3.8) is 0 Å². The molecule has 0 aliphatic rings. The van der Waals surface area contributed by atoms with E-state index in [2.05, 4.69) is 0 Å². The molecule has 0 N–H and O–H groups in total. The summed E-state index contributed by atoms with van der Waals surface area (Å²) in [5, 5.41) is 0. The van der Waals surface area contributed by atoms with Crippen LogP contribution in [-0.4, -0.2) is 12.6 Å². The molecule has 0 heterocycles. The number of aldehydes is 1. The lowest BCUT2D eigenvalue weighted by molar-refractivity contribution is -0.110. The molecule has 0 aromatic heterocycles. The summed E-state index contributed by atoms with van der Waals surface area (Å²) in [6.07, 6.45) is 2.72. The number of carbonyl (C=O) groups excluding carboxylic acids is 2. The summed E-state index contributed by atoms with van der Waals surface area (Å²) in [4.78, 5) is 21.6. The third kappa shape index (κ3) is 2.08. The van der Waals surface area contributed by atoms with Gasteiger partial charge in [-0.3, -0.25) is 4.79 Å². The Morgan fingerprint density at radius 1 is 1.29 bits per heavy atom. The Balaban J connectivity index is 3.05. The molecule has 1 aromatic rings. The number of hydrogen-bond acceptors (Lipinski definition) is 2. The van der Waals surface area contributed by atoms with Gasteiger partial charge in [-0.2, -0.15) is 0 Å². The van der Waals surface area contributed by atoms with E-state index in [1.807, 2.05) is 36.6 Å². The summed E-state index contributed by atoms with van der Waals surface area (Å²) >= 11 is 0. The van der Waals surface area contributed by atoms with Gasteiger partial charge in [0, 0.05) is 5.41 Å². The number of hydrogen-bond donors (Lipinski definition) is 0. The van der Waals surface area contributed by atoms with E-state index in [1.54, 1.807) is 13.8 Å². The fraction of sp³-hybridized carbons (Fsp3) is 0.333. The van der Waals surface area contributed by atoms with Gasteiger partial charge in [-0.15, -0.1) is 0 Å². The van der Waals surface area contributed by atoms with Gasteiger partial charge in [0.25, 0.3) is 0 Å². The van der Waals surface area contributed by atoms with Crippen molar-refractivity contribution >= 4 is 12.6 Å². The zero-order chi connectivity index (χ0) is 10.6. The SMILES string of the molecule is CC(C)([C]=O)C(C=O)c1ccccc1.